The van der Waals surface area contributed by atoms with Gasteiger partial charge in [0.15, 0.2) is 0 Å². The largest absolute Gasteiger partial charge is 0.369 e. The maximum atomic E-state index is 11.9. The molecular weight excluding hydrogens is 214 g/mol. The molecule has 1 aliphatic heterocycles. The summed E-state index contributed by atoms with van der Waals surface area (Å²) >= 11 is 0. The summed E-state index contributed by atoms with van der Waals surface area (Å²) < 4.78 is 1.76. The Kier molecular flexibility index (Phi) is 3.52. The van der Waals surface area contributed by atoms with E-state index in [9.17, 15) is 4.79 Å². The number of anilines is 1. The Bertz CT molecular complexity index is 439. The lowest BCUT2D eigenvalue weighted by Crippen LogP contribution is -2.49. The van der Waals surface area contributed by atoms with Gasteiger partial charge < -0.3 is 14.8 Å². The highest BCUT2D eigenvalue weighted by atomic mass is 16.1. The minimum Gasteiger partial charge on any atom is -0.369 e. The van der Waals surface area contributed by atoms with Crippen LogP contribution in [0.1, 0.15) is 26.8 Å². The molecule has 1 atom stereocenters. The van der Waals surface area contributed by atoms with E-state index in [0.29, 0.717) is 6.04 Å². The number of pyridine rings is 1. The van der Waals surface area contributed by atoms with Crippen LogP contribution in [-0.4, -0.2) is 30.2 Å². The van der Waals surface area contributed by atoms with Crippen LogP contribution in [0.2, 0.25) is 0 Å². The zero-order valence-electron chi connectivity index (χ0n) is 10.8. The van der Waals surface area contributed by atoms with E-state index in [4.69, 9.17) is 0 Å². The molecule has 1 saturated heterocycles. The van der Waals surface area contributed by atoms with Crippen LogP contribution in [0.15, 0.2) is 23.1 Å². The van der Waals surface area contributed by atoms with Crippen molar-refractivity contribution in [2.24, 2.45) is 0 Å². The van der Waals surface area contributed by atoms with Gasteiger partial charge in [-0.1, -0.05) is 0 Å². The molecule has 0 radical (unpaired) electrons. The van der Waals surface area contributed by atoms with Gasteiger partial charge in [-0.3, -0.25) is 4.79 Å². The number of rotatable bonds is 2. The third-order valence-electron chi connectivity index (χ3n) is 3.22. The van der Waals surface area contributed by atoms with Crippen molar-refractivity contribution >= 4 is 5.69 Å². The summed E-state index contributed by atoms with van der Waals surface area (Å²) in [4.78, 5) is 14.2. The van der Waals surface area contributed by atoms with E-state index in [-0.39, 0.29) is 11.6 Å². The Morgan fingerprint density at radius 2 is 2.24 bits per heavy atom. The van der Waals surface area contributed by atoms with Crippen LogP contribution in [0.25, 0.3) is 0 Å². The van der Waals surface area contributed by atoms with Gasteiger partial charge in [-0.05, 0) is 26.8 Å². The monoisotopic (exact) mass is 235 g/mol. The maximum absolute atomic E-state index is 11.9. The highest BCUT2D eigenvalue weighted by molar-refractivity contribution is 5.45. The van der Waals surface area contributed by atoms with Crippen molar-refractivity contribution < 1.29 is 0 Å². The molecule has 1 aromatic rings. The lowest BCUT2D eigenvalue weighted by molar-refractivity contribution is 0.484. The zero-order valence-corrected chi connectivity index (χ0v) is 10.8. The quantitative estimate of drug-likeness (QED) is 0.837. The summed E-state index contributed by atoms with van der Waals surface area (Å²) in [6, 6.07) is 4.49. The summed E-state index contributed by atoms with van der Waals surface area (Å²) in [5.74, 6) is 0. The number of nitrogens with one attached hydrogen (secondary N) is 1. The van der Waals surface area contributed by atoms with E-state index < -0.39 is 0 Å². The van der Waals surface area contributed by atoms with E-state index in [2.05, 4.69) is 17.1 Å². The summed E-state index contributed by atoms with van der Waals surface area (Å²) in [7, 11) is 0. The standard InChI is InChI=1S/C13H21N3O/c1-10(2)16-6-4-12(8-13(16)17)15-7-5-14-11(3)9-15/h4,6,8,10-11,14H,5,7,9H2,1-3H3. The molecule has 94 valence electrons. The molecule has 1 N–H and O–H groups in total. The first-order chi connectivity index (χ1) is 8.08. The van der Waals surface area contributed by atoms with Crippen molar-refractivity contribution in [3.05, 3.63) is 28.7 Å². The third kappa shape index (κ3) is 2.69. The first-order valence-corrected chi connectivity index (χ1v) is 6.28. The van der Waals surface area contributed by atoms with Crippen LogP contribution in [0.5, 0.6) is 0 Å². The molecule has 0 bridgehead atoms. The Hall–Kier alpha value is -1.29. The fourth-order valence-corrected chi connectivity index (χ4v) is 2.27. The summed E-state index contributed by atoms with van der Waals surface area (Å²) in [6.45, 7) is 9.12. The maximum Gasteiger partial charge on any atom is 0.252 e. The SMILES string of the molecule is CC1CN(c2ccn(C(C)C)c(=O)c2)CCN1. The summed E-state index contributed by atoms with van der Waals surface area (Å²) in [5.41, 5.74) is 1.13. The van der Waals surface area contributed by atoms with Crippen LogP contribution in [0, 0.1) is 0 Å². The zero-order chi connectivity index (χ0) is 12.4. The van der Waals surface area contributed by atoms with Crippen LogP contribution in [0.3, 0.4) is 0 Å². The van der Waals surface area contributed by atoms with E-state index in [1.54, 1.807) is 10.6 Å². The highest BCUT2D eigenvalue weighted by Crippen LogP contribution is 2.14. The van der Waals surface area contributed by atoms with Crippen LogP contribution in [0.4, 0.5) is 5.69 Å². The normalized spacial score (nSPS) is 20.9. The van der Waals surface area contributed by atoms with Gasteiger partial charge in [-0.25, -0.2) is 0 Å². The number of nitrogens with zero attached hydrogens (tertiary/aromatic N) is 2. The average Bonchev–Trinajstić information content (AvgIpc) is 2.28. The topological polar surface area (TPSA) is 37.3 Å². The molecule has 2 rings (SSSR count). The Morgan fingerprint density at radius 1 is 1.47 bits per heavy atom. The molecular formula is C13H21N3O. The van der Waals surface area contributed by atoms with Gasteiger partial charge in [-0.2, -0.15) is 0 Å². The van der Waals surface area contributed by atoms with E-state index in [0.717, 1.165) is 25.3 Å². The van der Waals surface area contributed by atoms with Gasteiger partial charge in [0.05, 0.1) is 0 Å². The van der Waals surface area contributed by atoms with Crippen molar-refractivity contribution in [2.45, 2.75) is 32.9 Å². The Labute approximate surface area is 102 Å². The molecule has 0 spiro atoms. The van der Waals surface area contributed by atoms with E-state index >= 15 is 0 Å². The smallest absolute Gasteiger partial charge is 0.252 e. The lowest BCUT2D eigenvalue weighted by Gasteiger charge is -2.33. The van der Waals surface area contributed by atoms with Crippen molar-refractivity contribution in [3.8, 4) is 0 Å². The molecule has 1 unspecified atom stereocenters. The van der Waals surface area contributed by atoms with Crippen LogP contribution < -0.4 is 15.8 Å². The first kappa shape index (κ1) is 12.2. The van der Waals surface area contributed by atoms with Gasteiger partial charge in [0.2, 0.25) is 0 Å². The number of aromatic nitrogens is 1. The first-order valence-electron chi connectivity index (χ1n) is 6.28. The van der Waals surface area contributed by atoms with Gasteiger partial charge in [-0.15, -0.1) is 0 Å². The van der Waals surface area contributed by atoms with Gasteiger partial charge in [0, 0.05) is 49.7 Å². The van der Waals surface area contributed by atoms with Crippen molar-refractivity contribution in [1.29, 1.82) is 0 Å². The number of hydrogen-bond donors (Lipinski definition) is 1. The fourth-order valence-electron chi connectivity index (χ4n) is 2.27. The Balaban J connectivity index is 2.22. The second-order valence-corrected chi connectivity index (χ2v) is 5.03. The van der Waals surface area contributed by atoms with Gasteiger partial charge in [0.25, 0.3) is 5.56 Å². The summed E-state index contributed by atoms with van der Waals surface area (Å²) in [5, 5.41) is 3.40. The van der Waals surface area contributed by atoms with Crippen molar-refractivity contribution in [3.63, 3.8) is 0 Å². The highest BCUT2D eigenvalue weighted by Gasteiger charge is 2.16. The van der Waals surface area contributed by atoms with Crippen LogP contribution >= 0.6 is 0 Å². The molecule has 2 heterocycles. The molecule has 0 aliphatic carbocycles. The molecule has 1 fully saturated rings. The van der Waals surface area contributed by atoms with Gasteiger partial charge in [0.1, 0.15) is 0 Å². The summed E-state index contributed by atoms with van der Waals surface area (Å²) in [6.07, 6.45) is 1.90. The molecule has 17 heavy (non-hydrogen) atoms. The number of hydrogen-bond acceptors (Lipinski definition) is 3. The minimum absolute atomic E-state index is 0.0867. The molecule has 1 aliphatic rings. The molecule has 1 aromatic heterocycles. The third-order valence-corrected chi connectivity index (χ3v) is 3.22. The predicted molar refractivity (Wildman–Crippen MR) is 70.8 cm³/mol. The predicted octanol–water partition coefficient (Wildman–Crippen LogP) is 1.23. The molecule has 0 saturated carbocycles. The average molecular weight is 235 g/mol. The fraction of sp³-hybridized carbons (Fsp3) is 0.615. The molecule has 4 nitrogen and oxygen atoms in total. The molecule has 0 aromatic carbocycles. The van der Waals surface area contributed by atoms with Crippen molar-refractivity contribution in [2.75, 3.05) is 24.5 Å². The second kappa shape index (κ2) is 4.92. The van der Waals surface area contributed by atoms with Crippen molar-refractivity contribution in [1.82, 2.24) is 9.88 Å². The molecule has 4 heteroatoms. The second-order valence-electron chi connectivity index (χ2n) is 5.03. The van der Waals surface area contributed by atoms with E-state index in [1.807, 2.05) is 26.1 Å². The van der Waals surface area contributed by atoms with Crippen LogP contribution in [-0.2, 0) is 0 Å². The molecule has 0 amide bonds. The number of piperazine rings is 1. The minimum atomic E-state index is 0.0867. The van der Waals surface area contributed by atoms with Gasteiger partial charge >= 0.3 is 0 Å². The van der Waals surface area contributed by atoms with E-state index in [1.165, 1.54) is 0 Å². The lowest BCUT2D eigenvalue weighted by atomic mass is 10.2. The Morgan fingerprint density at radius 3 is 2.82 bits per heavy atom.